The average molecular weight is 275 g/mol. The molecule has 0 aliphatic carbocycles. The van der Waals surface area contributed by atoms with Gasteiger partial charge in [0.05, 0.1) is 13.2 Å². The summed E-state index contributed by atoms with van der Waals surface area (Å²) in [6, 6.07) is 11.1. The Kier molecular flexibility index (Phi) is 4.61. The summed E-state index contributed by atoms with van der Waals surface area (Å²) in [5.74, 6) is 0.952. The Balaban J connectivity index is 2.38. The van der Waals surface area contributed by atoms with Crippen LogP contribution in [0, 0.1) is 13.8 Å². The first kappa shape index (κ1) is 14.1. The monoisotopic (exact) mass is 275 g/mol. The van der Waals surface area contributed by atoms with E-state index < -0.39 is 0 Å². The van der Waals surface area contributed by atoms with Crippen LogP contribution >= 0.6 is 11.3 Å². The average Bonchev–Trinajstić information content (AvgIpc) is 2.83. The van der Waals surface area contributed by atoms with Gasteiger partial charge in [-0.25, -0.2) is 0 Å². The largest absolute Gasteiger partial charge is 0.496 e. The molecule has 19 heavy (non-hydrogen) atoms. The van der Waals surface area contributed by atoms with Crippen molar-refractivity contribution in [1.29, 1.82) is 0 Å². The van der Waals surface area contributed by atoms with E-state index >= 15 is 0 Å². The minimum atomic E-state index is 0.248. The van der Waals surface area contributed by atoms with Crippen molar-refractivity contribution in [2.45, 2.75) is 26.8 Å². The maximum atomic E-state index is 5.43. The number of hydrogen-bond donors (Lipinski definition) is 1. The van der Waals surface area contributed by atoms with E-state index in [1.165, 1.54) is 20.9 Å². The number of nitrogens with one attached hydrogen (secondary N) is 1. The number of benzene rings is 1. The second kappa shape index (κ2) is 6.22. The Morgan fingerprint density at radius 1 is 1.21 bits per heavy atom. The standard InChI is InChI=1S/C16H21NOS/c1-5-17-16(15-9-7-12(3)19-15)13-8-6-11(2)14(10-13)18-4/h6-10,16-17H,5H2,1-4H3. The van der Waals surface area contributed by atoms with Gasteiger partial charge in [-0.1, -0.05) is 19.1 Å². The van der Waals surface area contributed by atoms with Gasteiger partial charge >= 0.3 is 0 Å². The van der Waals surface area contributed by atoms with Crippen LogP contribution in [-0.4, -0.2) is 13.7 Å². The summed E-state index contributed by atoms with van der Waals surface area (Å²) < 4.78 is 5.43. The lowest BCUT2D eigenvalue weighted by molar-refractivity contribution is 0.410. The molecule has 0 radical (unpaired) electrons. The molecule has 102 valence electrons. The highest BCUT2D eigenvalue weighted by Crippen LogP contribution is 2.31. The minimum Gasteiger partial charge on any atom is -0.496 e. The van der Waals surface area contributed by atoms with E-state index in [0.717, 1.165) is 12.3 Å². The van der Waals surface area contributed by atoms with Crippen molar-refractivity contribution in [3.8, 4) is 5.75 Å². The minimum absolute atomic E-state index is 0.248. The quantitative estimate of drug-likeness (QED) is 0.888. The van der Waals surface area contributed by atoms with Crippen LogP contribution in [0.15, 0.2) is 30.3 Å². The highest BCUT2D eigenvalue weighted by Gasteiger charge is 2.16. The maximum Gasteiger partial charge on any atom is 0.122 e. The Bertz CT molecular complexity index is 547. The van der Waals surface area contributed by atoms with Gasteiger partial charge in [0.2, 0.25) is 0 Å². The van der Waals surface area contributed by atoms with Crippen LogP contribution in [0.4, 0.5) is 0 Å². The van der Waals surface area contributed by atoms with Crippen molar-refractivity contribution in [3.63, 3.8) is 0 Å². The summed E-state index contributed by atoms with van der Waals surface area (Å²) >= 11 is 1.84. The van der Waals surface area contributed by atoms with E-state index in [1.54, 1.807) is 7.11 Å². The molecule has 2 aromatic rings. The zero-order valence-electron chi connectivity index (χ0n) is 12.0. The predicted octanol–water partition coefficient (Wildman–Crippen LogP) is 4.07. The molecule has 0 amide bonds. The fourth-order valence-corrected chi connectivity index (χ4v) is 3.19. The van der Waals surface area contributed by atoms with Crippen LogP contribution in [0.5, 0.6) is 5.75 Å². The SMILES string of the molecule is CCNC(c1ccc(C)c(OC)c1)c1ccc(C)s1. The Morgan fingerprint density at radius 2 is 2.00 bits per heavy atom. The predicted molar refractivity (Wildman–Crippen MR) is 82.3 cm³/mol. The van der Waals surface area contributed by atoms with E-state index in [-0.39, 0.29) is 6.04 Å². The van der Waals surface area contributed by atoms with Gasteiger partial charge in [-0.05, 0) is 49.7 Å². The molecule has 2 nitrogen and oxygen atoms in total. The van der Waals surface area contributed by atoms with Crippen molar-refractivity contribution in [1.82, 2.24) is 5.32 Å². The number of methoxy groups -OCH3 is 1. The highest BCUT2D eigenvalue weighted by atomic mass is 32.1. The van der Waals surface area contributed by atoms with Gasteiger partial charge in [-0.15, -0.1) is 11.3 Å². The van der Waals surface area contributed by atoms with E-state index in [2.05, 4.69) is 56.4 Å². The van der Waals surface area contributed by atoms with Gasteiger partial charge in [0.1, 0.15) is 5.75 Å². The third-order valence-electron chi connectivity index (χ3n) is 3.22. The summed E-state index contributed by atoms with van der Waals surface area (Å²) in [5, 5.41) is 3.55. The Morgan fingerprint density at radius 3 is 2.58 bits per heavy atom. The van der Waals surface area contributed by atoms with Crippen molar-refractivity contribution < 1.29 is 4.74 Å². The number of thiophene rings is 1. The van der Waals surface area contributed by atoms with Crippen LogP contribution in [-0.2, 0) is 0 Å². The van der Waals surface area contributed by atoms with Gasteiger partial charge in [0, 0.05) is 9.75 Å². The molecule has 2 rings (SSSR count). The molecule has 0 spiro atoms. The van der Waals surface area contributed by atoms with Crippen molar-refractivity contribution in [3.05, 3.63) is 51.2 Å². The van der Waals surface area contributed by atoms with Gasteiger partial charge < -0.3 is 10.1 Å². The molecule has 1 atom stereocenters. The Hall–Kier alpha value is -1.32. The number of hydrogen-bond acceptors (Lipinski definition) is 3. The molecule has 0 bridgehead atoms. The lowest BCUT2D eigenvalue weighted by Crippen LogP contribution is -2.21. The second-order valence-corrected chi connectivity index (χ2v) is 5.99. The summed E-state index contributed by atoms with van der Waals surface area (Å²) in [5.41, 5.74) is 2.43. The number of ether oxygens (including phenoxy) is 1. The van der Waals surface area contributed by atoms with Gasteiger partial charge in [0.15, 0.2) is 0 Å². The lowest BCUT2D eigenvalue weighted by Gasteiger charge is -2.18. The Labute approximate surface area is 119 Å². The molecule has 3 heteroatoms. The number of aryl methyl sites for hydroxylation is 2. The fourth-order valence-electron chi connectivity index (χ4n) is 2.21. The van der Waals surface area contributed by atoms with Gasteiger partial charge in [-0.2, -0.15) is 0 Å². The van der Waals surface area contributed by atoms with Crippen LogP contribution in [0.25, 0.3) is 0 Å². The van der Waals surface area contributed by atoms with Crippen LogP contribution in [0.2, 0.25) is 0 Å². The van der Waals surface area contributed by atoms with Crippen LogP contribution in [0.1, 0.15) is 33.8 Å². The smallest absolute Gasteiger partial charge is 0.122 e. The van der Waals surface area contributed by atoms with E-state index in [9.17, 15) is 0 Å². The van der Waals surface area contributed by atoms with Gasteiger partial charge in [0.25, 0.3) is 0 Å². The van der Waals surface area contributed by atoms with Crippen molar-refractivity contribution in [2.24, 2.45) is 0 Å². The molecule has 0 aliphatic rings. The van der Waals surface area contributed by atoms with Crippen LogP contribution in [0.3, 0.4) is 0 Å². The topological polar surface area (TPSA) is 21.3 Å². The molecule has 0 saturated carbocycles. The molecule has 1 aromatic carbocycles. The van der Waals surface area contributed by atoms with Gasteiger partial charge in [-0.3, -0.25) is 0 Å². The zero-order chi connectivity index (χ0) is 13.8. The molecule has 0 saturated heterocycles. The third-order valence-corrected chi connectivity index (χ3v) is 4.28. The second-order valence-electron chi connectivity index (χ2n) is 4.67. The maximum absolute atomic E-state index is 5.43. The first-order chi connectivity index (χ1) is 9.15. The normalized spacial score (nSPS) is 12.4. The van der Waals surface area contributed by atoms with Crippen LogP contribution < -0.4 is 10.1 Å². The van der Waals surface area contributed by atoms with E-state index in [4.69, 9.17) is 4.74 Å². The molecular formula is C16H21NOS. The zero-order valence-corrected chi connectivity index (χ0v) is 12.8. The summed E-state index contributed by atoms with van der Waals surface area (Å²) in [7, 11) is 1.73. The summed E-state index contributed by atoms with van der Waals surface area (Å²) in [6.07, 6.45) is 0. The molecule has 1 unspecified atom stereocenters. The first-order valence-electron chi connectivity index (χ1n) is 6.60. The fraction of sp³-hybridized carbons (Fsp3) is 0.375. The molecule has 0 fully saturated rings. The highest BCUT2D eigenvalue weighted by molar-refractivity contribution is 7.12. The third kappa shape index (κ3) is 3.17. The number of rotatable bonds is 5. The molecule has 1 N–H and O–H groups in total. The molecular weight excluding hydrogens is 254 g/mol. The van der Waals surface area contributed by atoms with Crippen molar-refractivity contribution in [2.75, 3.05) is 13.7 Å². The molecule has 0 aliphatic heterocycles. The van der Waals surface area contributed by atoms with E-state index in [1.807, 2.05) is 11.3 Å². The van der Waals surface area contributed by atoms with Crippen molar-refractivity contribution >= 4 is 11.3 Å². The lowest BCUT2D eigenvalue weighted by atomic mass is 10.0. The molecule has 1 aromatic heterocycles. The first-order valence-corrected chi connectivity index (χ1v) is 7.41. The summed E-state index contributed by atoms with van der Waals surface area (Å²) in [4.78, 5) is 2.70. The molecule has 1 heterocycles. The summed E-state index contributed by atoms with van der Waals surface area (Å²) in [6.45, 7) is 7.30. The van der Waals surface area contributed by atoms with E-state index in [0.29, 0.717) is 0 Å².